The molecule has 0 unspecified atom stereocenters. The van der Waals surface area contributed by atoms with Gasteiger partial charge < -0.3 is 4.42 Å². The van der Waals surface area contributed by atoms with Crippen molar-refractivity contribution in [3.8, 4) is 44.5 Å². The normalized spacial score (nSPS) is 15.7. The molecule has 3 aliphatic carbocycles. The number of benzene rings is 9. The summed E-state index contributed by atoms with van der Waals surface area (Å²) in [6.45, 7) is 14.3. The zero-order valence-corrected chi connectivity index (χ0v) is 36.7. The molecule has 1 heterocycles. The molecule has 0 atom stereocenters. The Balaban J connectivity index is 1.06. The molecule has 1 aromatic heterocycles. The third kappa shape index (κ3) is 4.88. The Hall–Kier alpha value is -6.96. The largest absolute Gasteiger partial charge is 0.455 e. The van der Waals surface area contributed by atoms with Crippen LogP contribution >= 0.6 is 0 Å². The second-order valence-electron chi connectivity index (χ2n) is 20.0. The van der Waals surface area contributed by atoms with Crippen LogP contribution in [0.4, 0.5) is 0 Å². The lowest BCUT2D eigenvalue weighted by Crippen LogP contribution is -2.17. The summed E-state index contributed by atoms with van der Waals surface area (Å²) in [4.78, 5) is 0. The minimum absolute atomic E-state index is 0.0824. The number of rotatable bonds is 4. The summed E-state index contributed by atoms with van der Waals surface area (Å²) in [6.07, 6.45) is 0. The van der Waals surface area contributed by atoms with E-state index < -0.39 is 0 Å². The van der Waals surface area contributed by atoms with Crippen molar-refractivity contribution in [2.45, 2.75) is 63.7 Å². The highest BCUT2D eigenvalue weighted by Gasteiger charge is 2.39. The van der Waals surface area contributed by atoms with Crippen molar-refractivity contribution in [1.29, 1.82) is 0 Å². The van der Waals surface area contributed by atoms with Gasteiger partial charge in [0.25, 0.3) is 0 Å². The fraction of sp³-hybridized carbons (Fsp3) is 0.161. The molecule has 302 valence electrons. The zero-order valence-electron chi connectivity index (χ0n) is 36.7. The Labute approximate surface area is 369 Å². The first-order valence-corrected chi connectivity index (χ1v) is 22.6. The average Bonchev–Trinajstić information content (AvgIpc) is 3.94. The molecule has 63 heavy (non-hydrogen) atoms. The second kappa shape index (κ2) is 12.6. The van der Waals surface area contributed by atoms with Crippen LogP contribution in [0, 0.1) is 0 Å². The van der Waals surface area contributed by atoms with E-state index in [2.05, 4.69) is 217 Å². The van der Waals surface area contributed by atoms with Crippen molar-refractivity contribution in [1.82, 2.24) is 0 Å². The average molecular weight is 809 g/mol. The summed E-state index contributed by atoms with van der Waals surface area (Å²) in [6, 6.07) is 66.6. The van der Waals surface area contributed by atoms with Gasteiger partial charge in [-0.1, -0.05) is 205 Å². The van der Waals surface area contributed by atoms with Crippen molar-refractivity contribution < 1.29 is 4.42 Å². The molecule has 0 saturated heterocycles. The lowest BCUT2D eigenvalue weighted by molar-refractivity contribution is 0.654. The summed E-state index contributed by atoms with van der Waals surface area (Å²) < 4.78 is 7.50. The molecule has 0 N–H and O–H groups in total. The Kier molecular flexibility index (Phi) is 7.32. The molecule has 13 rings (SSSR count). The maximum absolute atomic E-state index is 7.50. The Bertz CT molecular complexity index is 3500. The van der Waals surface area contributed by atoms with E-state index in [4.69, 9.17) is 4.42 Å². The minimum Gasteiger partial charge on any atom is -0.455 e. The van der Waals surface area contributed by atoms with Gasteiger partial charge in [-0.3, -0.25) is 0 Å². The van der Waals surface area contributed by atoms with Crippen LogP contribution in [0.3, 0.4) is 0 Å². The minimum atomic E-state index is -0.125. The number of hydrogen-bond donors (Lipinski definition) is 0. The van der Waals surface area contributed by atoms with Gasteiger partial charge in [-0.25, -0.2) is 0 Å². The first-order valence-electron chi connectivity index (χ1n) is 22.6. The summed E-state index contributed by atoms with van der Waals surface area (Å²) >= 11 is 0. The van der Waals surface area contributed by atoms with Gasteiger partial charge in [0.1, 0.15) is 11.2 Å². The molecule has 0 bridgehead atoms. The van der Waals surface area contributed by atoms with Crippen molar-refractivity contribution >= 4 is 32.7 Å². The summed E-state index contributed by atoms with van der Waals surface area (Å²) in [7, 11) is 0. The number of fused-ring (bicyclic) bond motifs is 13. The number of para-hydroxylation sites is 1. The third-order valence-electron chi connectivity index (χ3n) is 15.6. The standard InChI is InChI=1S/C62H48O/c1-60(2)50-23-12-9-18-41(50)44-29-26-37(33-53(44)60)56(38-27-30-45-42-19-10-13-24-51(42)61(3,4)54(45)34-38)48-22-15-21-47-49-32-36-16-7-8-17-40(36)57(59(49)63-58(47)48)39-28-31-46-43-20-11-14-25-52(43)62(5,6)55(46)35-39/h7-35,56H,1-6H3. The van der Waals surface area contributed by atoms with Crippen LogP contribution in [0.15, 0.2) is 180 Å². The second-order valence-corrected chi connectivity index (χ2v) is 20.0. The van der Waals surface area contributed by atoms with E-state index in [9.17, 15) is 0 Å². The quantitative estimate of drug-likeness (QED) is 0.161. The van der Waals surface area contributed by atoms with Gasteiger partial charge in [-0.2, -0.15) is 0 Å². The van der Waals surface area contributed by atoms with Crippen LogP contribution < -0.4 is 0 Å². The monoisotopic (exact) mass is 808 g/mol. The van der Waals surface area contributed by atoms with E-state index in [-0.39, 0.29) is 22.2 Å². The highest BCUT2D eigenvalue weighted by molar-refractivity contribution is 6.19. The van der Waals surface area contributed by atoms with Gasteiger partial charge in [0.2, 0.25) is 0 Å². The van der Waals surface area contributed by atoms with Crippen LogP contribution in [0.2, 0.25) is 0 Å². The summed E-state index contributed by atoms with van der Waals surface area (Å²) in [5, 5.41) is 4.72. The SMILES string of the molecule is CC1(C)c2ccccc2-c2ccc(-c3c4ccccc4cc4c3oc3c(C(c5ccc6c(c5)C(C)(C)c5ccccc5-6)c5ccc6c(c5)C(C)(C)c5ccccc5-6)cccc34)cc21. The van der Waals surface area contributed by atoms with Crippen molar-refractivity contribution in [3.63, 3.8) is 0 Å². The van der Waals surface area contributed by atoms with E-state index in [1.54, 1.807) is 0 Å². The van der Waals surface area contributed by atoms with E-state index in [0.717, 1.165) is 27.5 Å². The van der Waals surface area contributed by atoms with Crippen LogP contribution in [0.5, 0.6) is 0 Å². The fourth-order valence-electron chi connectivity index (χ4n) is 12.3. The van der Waals surface area contributed by atoms with Gasteiger partial charge in [0.05, 0.1) is 0 Å². The molecule has 1 nitrogen and oxygen atoms in total. The zero-order chi connectivity index (χ0) is 42.6. The van der Waals surface area contributed by atoms with Gasteiger partial charge >= 0.3 is 0 Å². The molecular weight excluding hydrogens is 761 g/mol. The Morgan fingerprint density at radius 3 is 1.38 bits per heavy atom. The molecule has 9 aromatic carbocycles. The molecule has 0 aliphatic heterocycles. The van der Waals surface area contributed by atoms with E-state index in [0.29, 0.717) is 0 Å². The lowest BCUT2D eigenvalue weighted by Gasteiger charge is -2.26. The van der Waals surface area contributed by atoms with E-state index >= 15 is 0 Å². The first kappa shape index (κ1) is 36.7. The number of furan rings is 1. The van der Waals surface area contributed by atoms with Crippen LogP contribution in [0.25, 0.3) is 77.2 Å². The smallest absolute Gasteiger partial charge is 0.143 e. The Morgan fingerprint density at radius 1 is 0.349 bits per heavy atom. The summed E-state index contributed by atoms with van der Waals surface area (Å²) in [5.41, 5.74) is 23.9. The van der Waals surface area contributed by atoms with Crippen LogP contribution in [-0.4, -0.2) is 0 Å². The van der Waals surface area contributed by atoms with Gasteiger partial charge in [-0.15, -0.1) is 0 Å². The molecule has 3 aliphatic rings. The van der Waals surface area contributed by atoms with Gasteiger partial charge in [-0.05, 0) is 106 Å². The van der Waals surface area contributed by atoms with Crippen molar-refractivity contribution in [2.75, 3.05) is 0 Å². The predicted molar refractivity (Wildman–Crippen MR) is 263 cm³/mol. The molecule has 10 aromatic rings. The maximum atomic E-state index is 7.50. The highest BCUT2D eigenvalue weighted by Crippen LogP contribution is 2.55. The van der Waals surface area contributed by atoms with Crippen LogP contribution in [-0.2, 0) is 16.2 Å². The number of hydrogen-bond acceptors (Lipinski definition) is 1. The lowest BCUT2D eigenvalue weighted by atomic mass is 9.77. The molecule has 0 saturated carbocycles. The summed E-state index contributed by atoms with van der Waals surface area (Å²) in [5.74, 6) is -0.0824. The molecular formula is C62H48O. The third-order valence-corrected chi connectivity index (χ3v) is 15.6. The molecule has 0 radical (unpaired) electrons. The molecule has 0 fully saturated rings. The Morgan fingerprint density at radius 2 is 0.810 bits per heavy atom. The molecule has 1 heteroatoms. The van der Waals surface area contributed by atoms with Crippen molar-refractivity contribution in [3.05, 3.63) is 226 Å². The highest BCUT2D eigenvalue weighted by atomic mass is 16.3. The molecule has 0 amide bonds. The predicted octanol–water partition coefficient (Wildman–Crippen LogP) is 16.5. The van der Waals surface area contributed by atoms with E-state index in [1.807, 2.05) is 0 Å². The topological polar surface area (TPSA) is 13.1 Å². The van der Waals surface area contributed by atoms with Crippen LogP contribution in [0.1, 0.15) is 97.5 Å². The molecule has 0 spiro atoms. The van der Waals surface area contributed by atoms with Gasteiger partial charge in [0, 0.05) is 44.1 Å². The van der Waals surface area contributed by atoms with Crippen molar-refractivity contribution in [2.24, 2.45) is 0 Å². The fourth-order valence-corrected chi connectivity index (χ4v) is 12.3. The first-order chi connectivity index (χ1) is 30.5. The van der Waals surface area contributed by atoms with Gasteiger partial charge in [0.15, 0.2) is 0 Å². The van der Waals surface area contributed by atoms with E-state index in [1.165, 1.54) is 99.8 Å². The maximum Gasteiger partial charge on any atom is 0.143 e.